The number of carbonyl (C=O) groups excluding carboxylic acids is 1. The lowest BCUT2D eigenvalue weighted by molar-refractivity contribution is -0.141. The molecule has 1 aromatic carbocycles. The van der Waals surface area contributed by atoms with Crippen LogP contribution in [0.15, 0.2) is 40.8 Å². The maximum absolute atomic E-state index is 12.5. The first kappa shape index (κ1) is 17.3. The van der Waals surface area contributed by atoms with E-state index in [-0.39, 0.29) is 23.6 Å². The van der Waals surface area contributed by atoms with Crippen molar-refractivity contribution in [3.8, 4) is 11.3 Å². The summed E-state index contributed by atoms with van der Waals surface area (Å²) in [5.41, 5.74) is 2.23. The molecule has 5 nitrogen and oxygen atoms in total. The molecule has 5 heteroatoms. The normalized spacial score (nSPS) is 17.7. The predicted octanol–water partition coefficient (Wildman–Crippen LogP) is 3.79. The van der Waals surface area contributed by atoms with Gasteiger partial charge in [0.1, 0.15) is 5.76 Å². The molecule has 2 heterocycles. The number of furan rings is 1. The molecule has 0 radical (unpaired) electrons. The van der Waals surface area contributed by atoms with Crippen LogP contribution in [0.5, 0.6) is 0 Å². The highest BCUT2D eigenvalue weighted by atomic mass is 16.4. The van der Waals surface area contributed by atoms with Gasteiger partial charge in [-0.1, -0.05) is 45.0 Å². The van der Waals surface area contributed by atoms with Crippen molar-refractivity contribution in [2.24, 2.45) is 5.92 Å². The number of carboxylic acids is 1. The van der Waals surface area contributed by atoms with Gasteiger partial charge in [0.05, 0.1) is 5.92 Å². The summed E-state index contributed by atoms with van der Waals surface area (Å²) < 4.78 is 5.73. The van der Waals surface area contributed by atoms with Crippen LogP contribution in [0.2, 0.25) is 0 Å². The monoisotopic (exact) mass is 341 g/mol. The Morgan fingerprint density at radius 1 is 1.12 bits per heavy atom. The van der Waals surface area contributed by atoms with E-state index in [1.165, 1.54) is 5.56 Å². The molecule has 1 fully saturated rings. The average Bonchev–Trinajstić information content (AvgIpc) is 3.23. The summed E-state index contributed by atoms with van der Waals surface area (Å²) >= 11 is 0. The molecule has 1 aromatic heterocycles. The van der Waals surface area contributed by atoms with Crippen molar-refractivity contribution in [3.63, 3.8) is 0 Å². The zero-order chi connectivity index (χ0) is 18.2. The molecule has 1 amide bonds. The fourth-order valence-electron chi connectivity index (χ4n) is 3.04. The lowest BCUT2D eigenvalue weighted by Gasteiger charge is -2.18. The molecule has 1 unspecified atom stereocenters. The Hall–Kier alpha value is -2.56. The van der Waals surface area contributed by atoms with E-state index < -0.39 is 11.9 Å². The summed E-state index contributed by atoms with van der Waals surface area (Å²) in [4.78, 5) is 25.1. The first-order valence-corrected chi connectivity index (χ1v) is 8.48. The quantitative estimate of drug-likeness (QED) is 0.922. The largest absolute Gasteiger partial charge is 0.481 e. The van der Waals surface area contributed by atoms with E-state index in [1.54, 1.807) is 17.0 Å². The molecule has 1 N–H and O–H groups in total. The highest BCUT2D eigenvalue weighted by Gasteiger charge is 2.32. The van der Waals surface area contributed by atoms with Crippen LogP contribution >= 0.6 is 0 Å². The number of rotatable bonds is 3. The van der Waals surface area contributed by atoms with E-state index in [0.29, 0.717) is 18.7 Å². The Morgan fingerprint density at radius 2 is 1.80 bits per heavy atom. The second kappa shape index (κ2) is 6.39. The number of amides is 1. The minimum Gasteiger partial charge on any atom is -0.481 e. The third-order valence-corrected chi connectivity index (χ3v) is 4.68. The molecular weight excluding hydrogens is 318 g/mol. The molecular formula is C20H23NO4. The minimum atomic E-state index is -0.852. The Kier molecular flexibility index (Phi) is 4.41. The fourth-order valence-corrected chi connectivity index (χ4v) is 3.04. The lowest BCUT2D eigenvalue weighted by atomic mass is 9.86. The van der Waals surface area contributed by atoms with Crippen LogP contribution in [-0.2, 0) is 10.2 Å². The van der Waals surface area contributed by atoms with Gasteiger partial charge in [-0.25, -0.2) is 0 Å². The van der Waals surface area contributed by atoms with Crippen LogP contribution in [0.1, 0.15) is 43.3 Å². The Balaban J connectivity index is 1.74. The predicted molar refractivity (Wildman–Crippen MR) is 94.5 cm³/mol. The van der Waals surface area contributed by atoms with E-state index in [2.05, 4.69) is 32.9 Å². The van der Waals surface area contributed by atoms with Crippen LogP contribution in [0, 0.1) is 5.92 Å². The second-order valence-electron chi connectivity index (χ2n) is 7.57. The Labute approximate surface area is 147 Å². The van der Waals surface area contributed by atoms with Gasteiger partial charge >= 0.3 is 5.97 Å². The van der Waals surface area contributed by atoms with Gasteiger partial charge in [-0.2, -0.15) is 0 Å². The SMILES string of the molecule is CC(C)(C)c1ccc(-c2ccc(C(=O)N3CCC(C(=O)O)C3)o2)cc1. The maximum Gasteiger partial charge on any atom is 0.308 e. The molecule has 1 aliphatic rings. The molecule has 3 rings (SSSR count). The zero-order valence-electron chi connectivity index (χ0n) is 14.8. The molecule has 1 saturated heterocycles. The standard InChI is InChI=1S/C20H23NO4/c1-20(2,3)15-6-4-13(5-7-15)16-8-9-17(25-16)18(22)21-11-10-14(12-21)19(23)24/h4-9,14H,10-12H2,1-3H3,(H,23,24). The van der Waals surface area contributed by atoms with Crippen LogP contribution in [0.4, 0.5) is 0 Å². The van der Waals surface area contributed by atoms with Crippen molar-refractivity contribution >= 4 is 11.9 Å². The summed E-state index contributed by atoms with van der Waals surface area (Å²) in [5.74, 6) is -0.697. The number of benzene rings is 1. The minimum absolute atomic E-state index is 0.0826. The number of carbonyl (C=O) groups is 2. The molecule has 1 aliphatic heterocycles. The molecule has 1 atom stereocenters. The number of hydrogen-bond donors (Lipinski definition) is 1. The van der Waals surface area contributed by atoms with Gasteiger partial charge in [0.15, 0.2) is 5.76 Å². The van der Waals surface area contributed by atoms with Crippen LogP contribution < -0.4 is 0 Å². The highest BCUT2D eigenvalue weighted by Crippen LogP contribution is 2.28. The molecule has 0 bridgehead atoms. The highest BCUT2D eigenvalue weighted by molar-refractivity contribution is 5.92. The maximum atomic E-state index is 12.5. The average molecular weight is 341 g/mol. The number of likely N-dealkylation sites (tertiary alicyclic amines) is 1. The van der Waals surface area contributed by atoms with Gasteiger partial charge in [0, 0.05) is 18.7 Å². The summed E-state index contributed by atoms with van der Waals surface area (Å²) in [5, 5.41) is 9.05. The number of carboxylic acid groups (broad SMARTS) is 1. The van der Waals surface area contributed by atoms with Gasteiger partial charge in [-0.15, -0.1) is 0 Å². The summed E-state index contributed by atoms with van der Waals surface area (Å²) in [6, 6.07) is 11.6. The van der Waals surface area contributed by atoms with Crippen molar-refractivity contribution in [1.29, 1.82) is 0 Å². The van der Waals surface area contributed by atoms with Crippen molar-refractivity contribution in [1.82, 2.24) is 4.90 Å². The van der Waals surface area contributed by atoms with Gasteiger partial charge < -0.3 is 14.4 Å². The van der Waals surface area contributed by atoms with Gasteiger partial charge in [-0.3, -0.25) is 9.59 Å². The van der Waals surface area contributed by atoms with E-state index in [0.717, 1.165) is 5.56 Å². The van der Waals surface area contributed by atoms with Crippen molar-refractivity contribution < 1.29 is 19.1 Å². The van der Waals surface area contributed by atoms with Crippen molar-refractivity contribution in [3.05, 3.63) is 47.7 Å². The second-order valence-corrected chi connectivity index (χ2v) is 7.57. The summed E-state index contributed by atoms with van der Waals surface area (Å²) in [6.07, 6.45) is 0.489. The molecule has 0 aliphatic carbocycles. The zero-order valence-corrected chi connectivity index (χ0v) is 14.8. The molecule has 2 aromatic rings. The van der Waals surface area contributed by atoms with Gasteiger partial charge in [-0.05, 0) is 29.5 Å². The topological polar surface area (TPSA) is 70.8 Å². The number of aliphatic carboxylic acids is 1. The Bertz CT molecular complexity index is 783. The van der Waals surface area contributed by atoms with E-state index in [4.69, 9.17) is 9.52 Å². The van der Waals surface area contributed by atoms with Crippen molar-refractivity contribution in [2.45, 2.75) is 32.6 Å². The van der Waals surface area contributed by atoms with Crippen LogP contribution in [0.3, 0.4) is 0 Å². The third kappa shape index (κ3) is 3.60. The molecule has 25 heavy (non-hydrogen) atoms. The first-order chi connectivity index (χ1) is 11.8. The van der Waals surface area contributed by atoms with E-state index >= 15 is 0 Å². The van der Waals surface area contributed by atoms with Crippen LogP contribution in [0.25, 0.3) is 11.3 Å². The molecule has 0 spiro atoms. The number of nitrogens with zero attached hydrogens (tertiary/aromatic N) is 1. The van der Waals surface area contributed by atoms with E-state index in [9.17, 15) is 9.59 Å². The fraction of sp³-hybridized carbons (Fsp3) is 0.400. The van der Waals surface area contributed by atoms with Gasteiger partial charge in [0.25, 0.3) is 5.91 Å². The van der Waals surface area contributed by atoms with Gasteiger partial charge in [0.2, 0.25) is 0 Å². The smallest absolute Gasteiger partial charge is 0.308 e. The number of hydrogen-bond acceptors (Lipinski definition) is 3. The van der Waals surface area contributed by atoms with Crippen molar-refractivity contribution in [2.75, 3.05) is 13.1 Å². The lowest BCUT2D eigenvalue weighted by Crippen LogP contribution is -2.29. The molecule has 0 saturated carbocycles. The summed E-state index contributed by atoms with van der Waals surface area (Å²) in [7, 11) is 0. The van der Waals surface area contributed by atoms with E-state index in [1.807, 2.05) is 12.1 Å². The Morgan fingerprint density at radius 3 is 2.36 bits per heavy atom. The summed E-state index contributed by atoms with van der Waals surface area (Å²) in [6.45, 7) is 7.17. The third-order valence-electron chi connectivity index (χ3n) is 4.68. The molecule has 132 valence electrons. The van der Waals surface area contributed by atoms with Crippen LogP contribution in [-0.4, -0.2) is 35.0 Å². The first-order valence-electron chi connectivity index (χ1n) is 8.48.